The van der Waals surface area contributed by atoms with Crippen LogP contribution in [-0.4, -0.2) is 16.9 Å². The summed E-state index contributed by atoms with van der Waals surface area (Å²) in [7, 11) is 0. The number of carbonyl (C=O) groups excluding carboxylic acids is 1. The molecule has 1 aromatic rings. The third-order valence-electron chi connectivity index (χ3n) is 1.76. The lowest BCUT2D eigenvalue weighted by atomic mass is 10.3. The molecule has 0 atom stereocenters. The van der Waals surface area contributed by atoms with Crippen LogP contribution in [0.5, 0.6) is 0 Å². The molecule has 1 N–H and O–H groups in total. The normalized spacial score (nSPS) is 16.2. The van der Waals surface area contributed by atoms with Gasteiger partial charge in [-0.05, 0) is 12.1 Å². The lowest BCUT2D eigenvalue weighted by Crippen LogP contribution is -2.19. The molecule has 0 fully saturated rings. The predicted molar refractivity (Wildman–Crippen MR) is 48.6 cm³/mol. The van der Waals surface area contributed by atoms with E-state index >= 15 is 0 Å². The first-order valence-corrected chi connectivity index (χ1v) is 3.92. The molecule has 0 radical (unpaired) electrons. The molecule has 0 aromatic heterocycles. The summed E-state index contributed by atoms with van der Waals surface area (Å²) in [5, 5.41) is 13.9. The summed E-state index contributed by atoms with van der Waals surface area (Å²) >= 11 is 0. The molecule has 0 unspecified atom stereocenters. The van der Waals surface area contributed by atoms with E-state index in [2.05, 4.69) is 5.10 Å². The van der Waals surface area contributed by atoms with E-state index in [0.29, 0.717) is 5.69 Å². The zero-order chi connectivity index (χ0) is 9.26. The van der Waals surface area contributed by atoms with Crippen LogP contribution in [0.3, 0.4) is 0 Å². The SMILES string of the molecule is O=C1CC(O)=NN1c1ccccc1. The van der Waals surface area contributed by atoms with Crippen LogP contribution in [0.2, 0.25) is 0 Å². The Morgan fingerprint density at radius 1 is 1.31 bits per heavy atom. The van der Waals surface area contributed by atoms with E-state index in [0.717, 1.165) is 0 Å². The van der Waals surface area contributed by atoms with Gasteiger partial charge in [0.25, 0.3) is 5.91 Å². The maximum absolute atomic E-state index is 11.2. The van der Waals surface area contributed by atoms with E-state index in [9.17, 15) is 4.79 Å². The second-order valence-electron chi connectivity index (χ2n) is 2.73. The highest BCUT2D eigenvalue weighted by atomic mass is 16.3. The fourth-order valence-electron chi connectivity index (χ4n) is 1.19. The summed E-state index contributed by atoms with van der Waals surface area (Å²) in [5.41, 5.74) is 0.677. The van der Waals surface area contributed by atoms with Crippen molar-refractivity contribution in [3.63, 3.8) is 0 Å². The molecule has 13 heavy (non-hydrogen) atoms. The van der Waals surface area contributed by atoms with Crippen molar-refractivity contribution in [1.29, 1.82) is 0 Å². The number of nitrogens with zero attached hydrogens (tertiary/aromatic N) is 2. The van der Waals surface area contributed by atoms with Gasteiger partial charge in [-0.25, -0.2) is 0 Å². The summed E-state index contributed by atoms with van der Waals surface area (Å²) in [5.74, 6) is -0.336. The van der Waals surface area contributed by atoms with Gasteiger partial charge in [0.2, 0.25) is 5.90 Å². The molecule has 0 saturated heterocycles. The zero-order valence-corrected chi connectivity index (χ0v) is 6.84. The van der Waals surface area contributed by atoms with Gasteiger partial charge >= 0.3 is 0 Å². The molecule has 2 rings (SSSR count). The van der Waals surface area contributed by atoms with Crippen molar-refractivity contribution in [3.8, 4) is 0 Å². The Morgan fingerprint density at radius 2 is 2.00 bits per heavy atom. The van der Waals surface area contributed by atoms with Crippen LogP contribution in [0.15, 0.2) is 35.4 Å². The molecule has 1 heterocycles. The third-order valence-corrected chi connectivity index (χ3v) is 1.76. The second kappa shape index (κ2) is 2.90. The first-order chi connectivity index (χ1) is 6.27. The molecular weight excluding hydrogens is 168 g/mol. The number of aliphatic hydroxyl groups is 1. The van der Waals surface area contributed by atoms with E-state index in [1.54, 1.807) is 12.1 Å². The van der Waals surface area contributed by atoms with E-state index < -0.39 is 0 Å². The van der Waals surface area contributed by atoms with Crippen LogP contribution < -0.4 is 5.01 Å². The summed E-state index contributed by atoms with van der Waals surface area (Å²) < 4.78 is 0. The highest BCUT2D eigenvalue weighted by Gasteiger charge is 2.24. The number of benzene rings is 1. The molecule has 4 nitrogen and oxygen atoms in total. The lowest BCUT2D eigenvalue weighted by molar-refractivity contribution is -0.117. The summed E-state index contributed by atoms with van der Waals surface area (Å²) in [4.78, 5) is 11.2. The fourth-order valence-corrected chi connectivity index (χ4v) is 1.19. The number of hydrazone groups is 1. The third kappa shape index (κ3) is 1.38. The van der Waals surface area contributed by atoms with Crippen LogP contribution in [0.4, 0.5) is 5.69 Å². The average molecular weight is 176 g/mol. The van der Waals surface area contributed by atoms with Crippen LogP contribution in [0, 0.1) is 0 Å². The molecule has 1 amide bonds. The van der Waals surface area contributed by atoms with Crippen LogP contribution in [0.25, 0.3) is 0 Å². The van der Waals surface area contributed by atoms with E-state index in [-0.39, 0.29) is 18.2 Å². The minimum atomic E-state index is -0.205. The van der Waals surface area contributed by atoms with Gasteiger partial charge in [0.05, 0.1) is 5.69 Å². The van der Waals surface area contributed by atoms with Gasteiger partial charge in [0, 0.05) is 0 Å². The molecular formula is C9H8N2O2. The molecule has 4 heteroatoms. The zero-order valence-electron chi connectivity index (χ0n) is 6.84. The topological polar surface area (TPSA) is 52.9 Å². The number of anilines is 1. The molecule has 0 spiro atoms. The maximum atomic E-state index is 11.2. The van der Waals surface area contributed by atoms with Crippen LogP contribution in [-0.2, 0) is 4.79 Å². The van der Waals surface area contributed by atoms with Gasteiger partial charge in [-0.2, -0.15) is 5.01 Å². The quantitative estimate of drug-likeness (QED) is 0.701. The smallest absolute Gasteiger partial charge is 0.256 e. The maximum Gasteiger partial charge on any atom is 0.256 e. The molecule has 1 aliphatic rings. The van der Waals surface area contributed by atoms with Gasteiger partial charge in [-0.1, -0.05) is 18.2 Å². The number of para-hydroxylation sites is 1. The van der Waals surface area contributed by atoms with Gasteiger partial charge < -0.3 is 5.11 Å². The number of amides is 1. The van der Waals surface area contributed by atoms with Gasteiger partial charge in [0.1, 0.15) is 6.42 Å². The number of rotatable bonds is 1. The molecule has 1 aromatic carbocycles. The minimum Gasteiger partial charge on any atom is -0.495 e. The standard InChI is InChI=1S/C9H8N2O2/c12-8-6-9(13)11(10-8)7-4-2-1-3-5-7/h1-5H,6H2,(H,10,12). The highest BCUT2D eigenvalue weighted by Crippen LogP contribution is 2.18. The monoisotopic (exact) mass is 176 g/mol. The Morgan fingerprint density at radius 3 is 2.54 bits per heavy atom. The Balaban J connectivity index is 2.33. The van der Waals surface area contributed by atoms with Crippen molar-refractivity contribution >= 4 is 17.5 Å². The van der Waals surface area contributed by atoms with Gasteiger partial charge in [0.15, 0.2) is 0 Å². The van der Waals surface area contributed by atoms with Crippen molar-refractivity contribution in [2.24, 2.45) is 5.10 Å². The highest BCUT2D eigenvalue weighted by molar-refractivity contribution is 6.09. The van der Waals surface area contributed by atoms with E-state index in [1.165, 1.54) is 5.01 Å². The van der Waals surface area contributed by atoms with Crippen LogP contribution >= 0.6 is 0 Å². The summed E-state index contributed by atoms with van der Waals surface area (Å²) in [6.45, 7) is 0. The minimum absolute atomic E-state index is 0.00507. The lowest BCUT2D eigenvalue weighted by Gasteiger charge is -2.09. The van der Waals surface area contributed by atoms with Gasteiger partial charge in [-0.3, -0.25) is 4.79 Å². The van der Waals surface area contributed by atoms with Crippen molar-refractivity contribution in [3.05, 3.63) is 30.3 Å². The van der Waals surface area contributed by atoms with Crippen LogP contribution in [0.1, 0.15) is 6.42 Å². The Bertz CT molecular complexity index is 359. The van der Waals surface area contributed by atoms with E-state index in [4.69, 9.17) is 5.11 Å². The van der Waals surface area contributed by atoms with Gasteiger partial charge in [-0.15, -0.1) is 5.10 Å². The number of carbonyl (C=O) groups is 1. The Labute approximate surface area is 75.1 Å². The first kappa shape index (κ1) is 7.79. The van der Waals surface area contributed by atoms with Crippen molar-refractivity contribution in [2.75, 3.05) is 5.01 Å². The molecule has 66 valence electrons. The molecule has 0 saturated carbocycles. The van der Waals surface area contributed by atoms with Crippen molar-refractivity contribution < 1.29 is 9.90 Å². The number of aliphatic hydroxyl groups excluding tert-OH is 1. The Hall–Kier alpha value is -1.84. The second-order valence-corrected chi connectivity index (χ2v) is 2.73. The number of hydrogen-bond donors (Lipinski definition) is 1. The average Bonchev–Trinajstić information content (AvgIpc) is 2.47. The van der Waals surface area contributed by atoms with E-state index in [1.807, 2.05) is 18.2 Å². The predicted octanol–water partition coefficient (Wildman–Crippen LogP) is 1.29. The molecule has 1 aliphatic heterocycles. The largest absolute Gasteiger partial charge is 0.495 e. The first-order valence-electron chi connectivity index (χ1n) is 3.92. The molecule has 0 bridgehead atoms. The Kier molecular flexibility index (Phi) is 1.73. The van der Waals surface area contributed by atoms with Crippen molar-refractivity contribution in [1.82, 2.24) is 0 Å². The van der Waals surface area contributed by atoms with Crippen molar-refractivity contribution in [2.45, 2.75) is 6.42 Å². The summed E-state index contributed by atoms with van der Waals surface area (Å²) in [6.07, 6.45) is -0.00507. The molecule has 0 aliphatic carbocycles. The number of hydrogen-bond acceptors (Lipinski definition) is 2. The summed E-state index contributed by atoms with van der Waals surface area (Å²) in [6, 6.07) is 9.01. The fraction of sp³-hybridized carbons (Fsp3) is 0.111.